The minimum absolute atomic E-state index is 0.794. The molecule has 1 heterocycles. The van der Waals surface area contributed by atoms with Gasteiger partial charge in [0.15, 0.2) is 0 Å². The molecule has 1 aromatic rings. The summed E-state index contributed by atoms with van der Waals surface area (Å²) in [6.45, 7) is 2.50. The first-order valence-corrected chi connectivity index (χ1v) is 4.68. The number of hydrogen-bond donors (Lipinski definition) is 1. The van der Waals surface area contributed by atoms with E-state index in [-0.39, 0.29) is 0 Å². The van der Waals surface area contributed by atoms with Gasteiger partial charge in [-0.3, -0.25) is 0 Å². The van der Waals surface area contributed by atoms with Crippen LogP contribution in [0.5, 0.6) is 0 Å². The van der Waals surface area contributed by atoms with E-state index in [2.05, 4.69) is 5.32 Å². The van der Waals surface area contributed by atoms with Gasteiger partial charge in [0.05, 0.1) is 0 Å². The highest BCUT2D eigenvalue weighted by Crippen LogP contribution is 2.03. The van der Waals surface area contributed by atoms with Crippen molar-refractivity contribution in [1.29, 1.82) is 0 Å². The predicted octanol–water partition coefficient (Wildman–Crippen LogP) is 2.71. The predicted molar refractivity (Wildman–Crippen MR) is 53.6 cm³/mol. The molecule has 0 unspecified atom stereocenters. The van der Waals surface area contributed by atoms with Crippen LogP contribution in [0, 0.1) is 0 Å². The number of benzene rings is 1. The van der Waals surface area contributed by atoms with Gasteiger partial charge in [0.1, 0.15) is 0 Å². The summed E-state index contributed by atoms with van der Waals surface area (Å²) in [6.07, 6.45) is 2.78. The van der Waals surface area contributed by atoms with Crippen molar-refractivity contribution in [1.82, 2.24) is 5.32 Å². The molecule has 66 valence electrons. The molecule has 0 spiro atoms. The SMILES string of the molecule is C1CCNC1.Clc1ccccc1. The lowest BCUT2D eigenvalue weighted by atomic mass is 10.4. The Labute approximate surface area is 78.7 Å². The molecular weight excluding hydrogens is 170 g/mol. The fraction of sp³-hybridized carbons (Fsp3) is 0.400. The highest BCUT2D eigenvalue weighted by Gasteiger charge is 1.93. The Morgan fingerprint density at radius 2 is 1.58 bits per heavy atom. The zero-order valence-corrected chi connectivity index (χ0v) is 7.85. The van der Waals surface area contributed by atoms with Crippen LogP contribution in [0.3, 0.4) is 0 Å². The second kappa shape index (κ2) is 6.04. The van der Waals surface area contributed by atoms with Gasteiger partial charge in [-0.2, -0.15) is 0 Å². The van der Waals surface area contributed by atoms with Crippen molar-refractivity contribution in [2.24, 2.45) is 0 Å². The summed E-state index contributed by atoms with van der Waals surface area (Å²) >= 11 is 5.54. The van der Waals surface area contributed by atoms with Crippen LogP contribution in [0.1, 0.15) is 12.8 Å². The first-order valence-electron chi connectivity index (χ1n) is 4.31. The molecule has 0 atom stereocenters. The molecule has 1 N–H and O–H groups in total. The lowest BCUT2D eigenvalue weighted by Crippen LogP contribution is -2.03. The zero-order chi connectivity index (χ0) is 8.65. The smallest absolute Gasteiger partial charge is 0.0405 e. The average Bonchev–Trinajstić information content (AvgIpc) is 2.62. The molecule has 1 saturated heterocycles. The van der Waals surface area contributed by atoms with Crippen LogP contribution in [0.25, 0.3) is 0 Å². The summed E-state index contributed by atoms with van der Waals surface area (Å²) in [7, 11) is 0. The van der Waals surface area contributed by atoms with Gasteiger partial charge >= 0.3 is 0 Å². The average molecular weight is 184 g/mol. The lowest BCUT2D eigenvalue weighted by molar-refractivity contribution is 0.857. The molecule has 0 radical (unpaired) electrons. The third kappa shape index (κ3) is 4.37. The number of halogens is 1. The maximum atomic E-state index is 5.54. The Morgan fingerprint density at radius 1 is 1.00 bits per heavy atom. The summed E-state index contributed by atoms with van der Waals surface area (Å²) in [5.74, 6) is 0. The van der Waals surface area contributed by atoms with E-state index < -0.39 is 0 Å². The van der Waals surface area contributed by atoms with Crippen LogP contribution in [0.2, 0.25) is 5.02 Å². The van der Waals surface area contributed by atoms with E-state index >= 15 is 0 Å². The van der Waals surface area contributed by atoms with Gasteiger partial charge in [0.2, 0.25) is 0 Å². The van der Waals surface area contributed by atoms with Crippen molar-refractivity contribution in [3.63, 3.8) is 0 Å². The topological polar surface area (TPSA) is 12.0 Å². The van der Waals surface area contributed by atoms with Gasteiger partial charge in [0, 0.05) is 5.02 Å². The molecular formula is C10H14ClN. The molecule has 1 aliphatic rings. The lowest BCUT2D eigenvalue weighted by Gasteiger charge is -1.80. The van der Waals surface area contributed by atoms with Crippen LogP contribution in [-0.2, 0) is 0 Å². The Morgan fingerprint density at radius 3 is 1.83 bits per heavy atom. The van der Waals surface area contributed by atoms with Crippen LogP contribution in [0.4, 0.5) is 0 Å². The summed E-state index contributed by atoms with van der Waals surface area (Å²) in [4.78, 5) is 0. The molecule has 1 aromatic carbocycles. The van der Waals surface area contributed by atoms with Crippen LogP contribution >= 0.6 is 11.6 Å². The van der Waals surface area contributed by atoms with E-state index in [1.54, 1.807) is 0 Å². The molecule has 1 aliphatic heterocycles. The molecule has 1 nitrogen and oxygen atoms in total. The van der Waals surface area contributed by atoms with Gasteiger partial charge in [-0.1, -0.05) is 29.8 Å². The van der Waals surface area contributed by atoms with E-state index in [1.807, 2.05) is 30.3 Å². The van der Waals surface area contributed by atoms with Gasteiger partial charge in [-0.15, -0.1) is 0 Å². The first-order chi connectivity index (χ1) is 5.89. The van der Waals surface area contributed by atoms with Crippen molar-refractivity contribution < 1.29 is 0 Å². The maximum absolute atomic E-state index is 5.54. The summed E-state index contributed by atoms with van der Waals surface area (Å²) in [6, 6.07) is 9.44. The fourth-order valence-electron chi connectivity index (χ4n) is 1.04. The maximum Gasteiger partial charge on any atom is 0.0405 e. The van der Waals surface area contributed by atoms with Crippen molar-refractivity contribution in [3.05, 3.63) is 35.4 Å². The van der Waals surface area contributed by atoms with Crippen LogP contribution in [0.15, 0.2) is 30.3 Å². The minimum atomic E-state index is 0.794. The minimum Gasteiger partial charge on any atom is -0.317 e. The zero-order valence-electron chi connectivity index (χ0n) is 7.09. The third-order valence-corrected chi connectivity index (χ3v) is 1.94. The second-order valence-corrected chi connectivity index (χ2v) is 3.19. The highest BCUT2D eigenvalue weighted by molar-refractivity contribution is 6.30. The molecule has 2 rings (SSSR count). The molecule has 1 fully saturated rings. The van der Waals surface area contributed by atoms with E-state index in [4.69, 9.17) is 11.6 Å². The van der Waals surface area contributed by atoms with Crippen LogP contribution < -0.4 is 5.32 Å². The van der Waals surface area contributed by atoms with Crippen LogP contribution in [-0.4, -0.2) is 13.1 Å². The molecule has 12 heavy (non-hydrogen) atoms. The second-order valence-electron chi connectivity index (χ2n) is 2.75. The Kier molecular flexibility index (Phi) is 4.81. The molecule has 0 amide bonds. The number of hydrogen-bond acceptors (Lipinski definition) is 1. The highest BCUT2D eigenvalue weighted by atomic mass is 35.5. The molecule has 0 aromatic heterocycles. The largest absolute Gasteiger partial charge is 0.317 e. The number of rotatable bonds is 0. The van der Waals surface area contributed by atoms with Crippen molar-refractivity contribution in [2.75, 3.05) is 13.1 Å². The van der Waals surface area contributed by atoms with Crippen molar-refractivity contribution in [3.8, 4) is 0 Å². The van der Waals surface area contributed by atoms with Gasteiger partial charge < -0.3 is 5.32 Å². The number of nitrogens with one attached hydrogen (secondary N) is 1. The normalized spacial score (nSPS) is 15.1. The Hall–Kier alpha value is -0.530. The quantitative estimate of drug-likeness (QED) is 0.652. The molecule has 0 aliphatic carbocycles. The van der Waals surface area contributed by atoms with E-state index in [1.165, 1.54) is 25.9 Å². The van der Waals surface area contributed by atoms with E-state index in [9.17, 15) is 0 Å². The van der Waals surface area contributed by atoms with Gasteiger partial charge in [-0.05, 0) is 38.1 Å². The third-order valence-electron chi connectivity index (χ3n) is 1.69. The van der Waals surface area contributed by atoms with Gasteiger partial charge in [-0.25, -0.2) is 0 Å². The fourth-order valence-corrected chi connectivity index (χ4v) is 1.19. The van der Waals surface area contributed by atoms with E-state index in [0.29, 0.717) is 0 Å². The van der Waals surface area contributed by atoms with E-state index in [0.717, 1.165) is 5.02 Å². The first kappa shape index (κ1) is 9.56. The standard InChI is InChI=1S/C6H5Cl.C4H9N/c7-6-4-2-1-3-5-6;1-2-4-5-3-1/h1-5H;5H,1-4H2. The molecule has 0 bridgehead atoms. The summed E-state index contributed by atoms with van der Waals surface area (Å²) in [5, 5.41) is 4.02. The molecule has 2 heteroatoms. The molecule has 0 saturated carbocycles. The monoisotopic (exact) mass is 183 g/mol. The van der Waals surface area contributed by atoms with Crippen molar-refractivity contribution >= 4 is 11.6 Å². The summed E-state index contributed by atoms with van der Waals surface area (Å²) < 4.78 is 0. The van der Waals surface area contributed by atoms with Gasteiger partial charge in [0.25, 0.3) is 0 Å². The van der Waals surface area contributed by atoms with Crippen molar-refractivity contribution in [2.45, 2.75) is 12.8 Å². The summed E-state index contributed by atoms with van der Waals surface area (Å²) in [5.41, 5.74) is 0. The Bertz CT molecular complexity index is 187. The Balaban J connectivity index is 0.000000127.